The van der Waals surface area contributed by atoms with Gasteiger partial charge in [-0.05, 0) is 35.4 Å². The molecule has 0 N–H and O–H groups in total. The molecule has 13 heavy (non-hydrogen) atoms. The minimum Gasteiger partial charge on any atom is -0.427 e. The van der Waals surface area contributed by atoms with Crippen LogP contribution >= 0.6 is 23.0 Å². The molecule has 0 spiro atoms. The van der Waals surface area contributed by atoms with Crippen molar-refractivity contribution >= 4 is 33.8 Å². The number of aryl methyl sites for hydroxylation is 1. The Morgan fingerprint density at radius 2 is 1.69 bits per heavy atom. The molecule has 2 rings (SSSR count). The summed E-state index contributed by atoms with van der Waals surface area (Å²) in [6.07, 6.45) is 0. The van der Waals surface area contributed by atoms with E-state index in [0.717, 1.165) is 5.75 Å². The van der Waals surface area contributed by atoms with Gasteiger partial charge in [-0.25, -0.2) is 0 Å². The fraction of sp³-hybridized carbons (Fsp3) is 0.0909. The summed E-state index contributed by atoms with van der Waals surface area (Å²) in [7, 11) is 0. The van der Waals surface area contributed by atoms with E-state index >= 15 is 0 Å². The summed E-state index contributed by atoms with van der Waals surface area (Å²) < 4.78 is 5.22. The minimum atomic E-state index is 0.944. The van der Waals surface area contributed by atoms with Crippen molar-refractivity contribution in [3.05, 3.63) is 42.0 Å². The molecule has 2 aromatic carbocycles. The van der Waals surface area contributed by atoms with Crippen molar-refractivity contribution in [2.75, 3.05) is 0 Å². The molecule has 2 aromatic rings. The minimum absolute atomic E-state index is 0.944. The van der Waals surface area contributed by atoms with Crippen LogP contribution in [0.2, 0.25) is 0 Å². The maximum absolute atomic E-state index is 5.22. The van der Waals surface area contributed by atoms with Gasteiger partial charge in [0.1, 0.15) is 5.75 Å². The van der Waals surface area contributed by atoms with Crippen molar-refractivity contribution in [1.82, 2.24) is 0 Å². The van der Waals surface area contributed by atoms with E-state index in [0.29, 0.717) is 0 Å². The normalized spacial score (nSPS) is 10.3. The Bertz CT molecular complexity index is 437. The van der Waals surface area contributed by atoms with Gasteiger partial charge in [-0.3, -0.25) is 0 Å². The predicted octanol–water partition coefficient (Wildman–Crippen LogP) is 3.88. The first-order valence-electron chi connectivity index (χ1n) is 4.09. The molecule has 0 saturated carbocycles. The van der Waals surface area contributed by atoms with Crippen molar-refractivity contribution in [2.24, 2.45) is 0 Å². The number of hydrogen-bond acceptors (Lipinski definition) is 1. The first-order valence-corrected chi connectivity index (χ1v) is 4.97. The van der Waals surface area contributed by atoms with Gasteiger partial charge in [-0.15, -0.1) is 0 Å². The van der Waals surface area contributed by atoms with Crippen LogP contribution in [0, 0.1) is 6.92 Å². The molecule has 0 bridgehead atoms. The smallest absolute Gasteiger partial charge is 0.192 e. The van der Waals surface area contributed by atoms with Crippen molar-refractivity contribution in [1.29, 1.82) is 0 Å². The van der Waals surface area contributed by atoms with Crippen molar-refractivity contribution < 1.29 is 3.07 Å². The lowest BCUT2D eigenvalue weighted by atomic mass is 10.1. The van der Waals surface area contributed by atoms with E-state index in [1.54, 1.807) is 0 Å². The lowest BCUT2D eigenvalue weighted by Crippen LogP contribution is -1.81. The van der Waals surface area contributed by atoms with Crippen molar-refractivity contribution in [3.63, 3.8) is 0 Å². The summed E-state index contributed by atoms with van der Waals surface area (Å²) in [6.45, 7) is 2.06. The van der Waals surface area contributed by atoms with Crippen LogP contribution in [0.5, 0.6) is 5.75 Å². The highest BCUT2D eigenvalue weighted by molar-refractivity contribution is 14.1. The summed E-state index contributed by atoms with van der Waals surface area (Å²) in [5, 5.41) is 2.48. The van der Waals surface area contributed by atoms with Gasteiger partial charge >= 0.3 is 0 Å². The number of rotatable bonds is 1. The van der Waals surface area contributed by atoms with E-state index in [4.69, 9.17) is 3.07 Å². The van der Waals surface area contributed by atoms with Gasteiger partial charge in [-0.1, -0.05) is 24.3 Å². The van der Waals surface area contributed by atoms with Gasteiger partial charge in [0.15, 0.2) is 23.0 Å². The number of hydrogen-bond donors (Lipinski definition) is 0. The van der Waals surface area contributed by atoms with Crippen molar-refractivity contribution in [2.45, 2.75) is 6.92 Å². The topological polar surface area (TPSA) is 9.23 Å². The van der Waals surface area contributed by atoms with E-state index in [2.05, 4.69) is 31.2 Å². The highest BCUT2D eigenvalue weighted by Crippen LogP contribution is 2.26. The molecule has 0 atom stereocenters. The van der Waals surface area contributed by atoms with E-state index in [9.17, 15) is 0 Å². The second-order valence-electron chi connectivity index (χ2n) is 3.04. The first kappa shape index (κ1) is 8.81. The summed E-state index contributed by atoms with van der Waals surface area (Å²) in [4.78, 5) is 0. The van der Waals surface area contributed by atoms with Crippen LogP contribution in [-0.2, 0) is 0 Å². The fourth-order valence-corrected chi connectivity index (χ4v) is 1.89. The largest absolute Gasteiger partial charge is 0.427 e. The summed E-state index contributed by atoms with van der Waals surface area (Å²) in [5.41, 5.74) is 1.17. The SMILES string of the molecule is Cc1cc2ccccc2cc1OI. The summed E-state index contributed by atoms with van der Waals surface area (Å²) in [6, 6.07) is 12.5. The van der Waals surface area contributed by atoms with Gasteiger partial charge in [0.25, 0.3) is 0 Å². The number of benzene rings is 2. The molecule has 66 valence electrons. The van der Waals surface area contributed by atoms with Gasteiger partial charge in [0.2, 0.25) is 0 Å². The molecule has 0 amide bonds. The van der Waals surface area contributed by atoms with E-state index in [-0.39, 0.29) is 0 Å². The Morgan fingerprint density at radius 3 is 2.31 bits per heavy atom. The Balaban J connectivity index is 2.74. The Morgan fingerprint density at radius 1 is 1.08 bits per heavy atom. The lowest BCUT2D eigenvalue weighted by Gasteiger charge is -2.04. The molecular weight excluding hydrogens is 275 g/mol. The molecule has 1 nitrogen and oxygen atoms in total. The predicted molar refractivity (Wildman–Crippen MR) is 63.3 cm³/mol. The van der Waals surface area contributed by atoms with Crippen LogP contribution < -0.4 is 3.07 Å². The molecule has 0 unspecified atom stereocenters. The molecule has 0 aromatic heterocycles. The quantitative estimate of drug-likeness (QED) is 0.722. The molecule has 0 heterocycles. The van der Waals surface area contributed by atoms with Gasteiger partial charge in [0.05, 0.1) is 0 Å². The lowest BCUT2D eigenvalue weighted by molar-refractivity contribution is 0.711. The maximum Gasteiger partial charge on any atom is 0.192 e. The van der Waals surface area contributed by atoms with Gasteiger partial charge in [-0.2, -0.15) is 0 Å². The zero-order chi connectivity index (χ0) is 9.26. The Labute approximate surface area is 91.4 Å². The highest BCUT2D eigenvalue weighted by atomic mass is 127. The molecule has 0 saturated heterocycles. The fourth-order valence-electron chi connectivity index (χ4n) is 1.42. The van der Waals surface area contributed by atoms with E-state index in [1.165, 1.54) is 16.3 Å². The van der Waals surface area contributed by atoms with E-state index < -0.39 is 0 Å². The first-order chi connectivity index (χ1) is 6.31. The third kappa shape index (κ3) is 1.63. The van der Waals surface area contributed by atoms with Crippen LogP contribution in [-0.4, -0.2) is 0 Å². The monoisotopic (exact) mass is 284 g/mol. The third-order valence-corrected chi connectivity index (χ3v) is 2.60. The maximum atomic E-state index is 5.22. The van der Waals surface area contributed by atoms with Gasteiger partial charge in [0, 0.05) is 0 Å². The highest BCUT2D eigenvalue weighted by Gasteiger charge is 2.00. The molecular formula is C11H9IO. The molecule has 0 aliphatic heterocycles. The van der Waals surface area contributed by atoms with Crippen molar-refractivity contribution in [3.8, 4) is 5.75 Å². The average Bonchev–Trinajstić information content (AvgIpc) is 2.17. The molecule has 0 fully saturated rings. The van der Waals surface area contributed by atoms with Crippen LogP contribution in [0.25, 0.3) is 10.8 Å². The number of halogens is 1. The second kappa shape index (κ2) is 3.54. The Kier molecular flexibility index (Phi) is 2.40. The van der Waals surface area contributed by atoms with E-state index in [1.807, 2.05) is 35.1 Å². The third-order valence-electron chi connectivity index (χ3n) is 2.13. The molecule has 0 aliphatic carbocycles. The number of fused-ring (bicyclic) bond motifs is 1. The van der Waals surface area contributed by atoms with Crippen LogP contribution in [0.4, 0.5) is 0 Å². The summed E-state index contributed by atoms with van der Waals surface area (Å²) in [5.74, 6) is 0.944. The molecule has 0 aliphatic rings. The zero-order valence-electron chi connectivity index (χ0n) is 7.25. The standard InChI is InChI=1S/C11H9IO/c1-8-6-9-4-2-3-5-10(9)7-11(8)13-12/h2-7H,1H3. The second-order valence-corrected chi connectivity index (χ2v) is 3.48. The van der Waals surface area contributed by atoms with Crippen LogP contribution in [0.3, 0.4) is 0 Å². The molecule has 2 heteroatoms. The Hall–Kier alpha value is -0.770. The average molecular weight is 284 g/mol. The summed E-state index contributed by atoms with van der Waals surface area (Å²) >= 11 is 1.91. The van der Waals surface area contributed by atoms with Crippen LogP contribution in [0.15, 0.2) is 36.4 Å². The van der Waals surface area contributed by atoms with Crippen LogP contribution in [0.1, 0.15) is 5.56 Å². The zero-order valence-corrected chi connectivity index (χ0v) is 9.41. The molecule has 0 radical (unpaired) electrons. The van der Waals surface area contributed by atoms with Gasteiger partial charge < -0.3 is 3.07 Å².